The average Bonchev–Trinajstić information content (AvgIpc) is 2.56. The Balaban J connectivity index is -0.000000161. The zero-order valence-corrected chi connectivity index (χ0v) is 14.5. The minimum absolute atomic E-state index is 0. The second kappa shape index (κ2) is 34.0. The molecule has 0 amide bonds. The third kappa shape index (κ3) is 34.4. The summed E-state index contributed by atoms with van der Waals surface area (Å²) in [5.74, 6) is -0.965. The van der Waals surface area contributed by atoms with Crippen molar-refractivity contribution in [1.82, 2.24) is 0 Å². The lowest BCUT2D eigenvalue weighted by atomic mass is 10.6. The molecule has 0 rings (SSSR count). The second-order valence-corrected chi connectivity index (χ2v) is 6.43. The monoisotopic (exact) mass is 444 g/mol. The highest BCUT2D eigenvalue weighted by Gasteiger charge is 2.05. The third-order valence-corrected chi connectivity index (χ3v) is 3.64. The number of rotatable bonds is 15. The van der Waals surface area contributed by atoms with Crippen LogP contribution < -0.4 is 0 Å². The minimum atomic E-state index is -1.51. The fourth-order valence-electron chi connectivity index (χ4n) is 1.12. The predicted molar refractivity (Wildman–Crippen MR) is 124 cm³/mol. The maximum Gasteiger partial charge on any atom is 0.330 e. The molecule has 0 aromatic carbocycles. The van der Waals surface area contributed by atoms with Crippen LogP contribution in [-0.2, 0) is 37.7 Å². The van der Waals surface area contributed by atoms with Gasteiger partial charge in [-0.2, -0.15) is 0 Å². The molecule has 0 aromatic heterocycles. The van der Waals surface area contributed by atoms with Crippen LogP contribution in [0.1, 0.15) is 44.6 Å². The number of esters is 2. The van der Waals surface area contributed by atoms with Gasteiger partial charge in [0.1, 0.15) is 26.8 Å². The molecule has 0 radical (unpaired) electrons. The largest absolute Gasteiger partial charge is 0.460 e. The molecule has 8 nitrogen and oxygen atoms in total. The van der Waals surface area contributed by atoms with Gasteiger partial charge in [-0.15, -0.1) is 0 Å². The van der Waals surface area contributed by atoms with E-state index in [9.17, 15) is 9.59 Å². The molecule has 180 valence electrons. The van der Waals surface area contributed by atoms with Crippen LogP contribution in [0.15, 0.2) is 25.3 Å². The zero-order chi connectivity index (χ0) is 17.3. The first-order valence-electron chi connectivity index (χ1n) is 7.03. The topological polar surface area (TPSA) is 89.5 Å². The summed E-state index contributed by atoms with van der Waals surface area (Å²) in [7, 11) is -1.51. The lowest BCUT2D eigenvalue weighted by molar-refractivity contribution is -0.141. The highest BCUT2D eigenvalue weighted by Crippen LogP contribution is 1.91. The molecule has 0 spiro atoms. The van der Waals surface area contributed by atoms with Crippen LogP contribution in [0.2, 0.25) is 6.55 Å². The highest BCUT2D eigenvalue weighted by molar-refractivity contribution is 6.49. The van der Waals surface area contributed by atoms with Crippen molar-refractivity contribution in [3.05, 3.63) is 25.3 Å². The molecule has 1 unspecified atom stereocenters. The van der Waals surface area contributed by atoms with E-state index in [1.807, 2.05) is 6.55 Å². The summed E-state index contributed by atoms with van der Waals surface area (Å²) >= 11 is 0. The van der Waals surface area contributed by atoms with Crippen molar-refractivity contribution in [3.63, 3.8) is 0 Å². The van der Waals surface area contributed by atoms with Gasteiger partial charge in [-0.05, 0) is 6.55 Å². The van der Waals surface area contributed by atoms with E-state index in [0.29, 0.717) is 6.23 Å². The Morgan fingerprint density at radius 2 is 1.14 bits per heavy atom. The molecular formula is C20H48O8Si. The van der Waals surface area contributed by atoms with Gasteiger partial charge in [0, 0.05) is 12.2 Å². The Bertz CT molecular complexity index is 364. The number of ether oxygens (including phenoxy) is 5. The molecule has 9 heteroatoms. The summed E-state index contributed by atoms with van der Waals surface area (Å²) in [6.07, 6.45) is 2.64. The van der Waals surface area contributed by atoms with Gasteiger partial charge >= 0.3 is 11.9 Å². The minimum Gasteiger partial charge on any atom is -0.460 e. The average molecular weight is 445 g/mol. The van der Waals surface area contributed by atoms with Crippen LogP contribution in [0.3, 0.4) is 0 Å². The van der Waals surface area contributed by atoms with Crippen LogP contribution in [0.25, 0.3) is 0 Å². The second-order valence-electron chi connectivity index (χ2n) is 4.14. The normalized spacial score (nSPS) is 9.14. The van der Waals surface area contributed by atoms with Gasteiger partial charge in [-0.3, -0.25) is 0 Å². The smallest absolute Gasteiger partial charge is 0.330 e. The van der Waals surface area contributed by atoms with E-state index < -0.39 is 21.0 Å². The molecule has 0 N–H and O–H groups in total. The van der Waals surface area contributed by atoms with E-state index in [1.165, 1.54) is 0 Å². The summed E-state index contributed by atoms with van der Waals surface area (Å²) in [5.41, 5.74) is 0. The van der Waals surface area contributed by atoms with Crippen molar-refractivity contribution < 1.29 is 37.7 Å². The zero-order valence-electron chi connectivity index (χ0n) is 13.4. The van der Waals surface area contributed by atoms with Crippen molar-refractivity contribution in [2.24, 2.45) is 0 Å². The highest BCUT2D eigenvalue weighted by atomic mass is 28.3. The SMILES string of the molecule is C.C.C.C.C.C.C=CC(=O)OCCOCOC[SiH](C)OCOCCOC(=O)C=C. The van der Waals surface area contributed by atoms with Gasteiger partial charge < -0.3 is 28.1 Å². The number of carbonyl (C=O) groups excluding carboxylic acids is 2. The van der Waals surface area contributed by atoms with E-state index in [1.54, 1.807) is 0 Å². The van der Waals surface area contributed by atoms with E-state index in [-0.39, 0.29) is 84.6 Å². The maximum absolute atomic E-state index is 10.7. The number of hydrogen-bond acceptors (Lipinski definition) is 8. The molecule has 29 heavy (non-hydrogen) atoms. The van der Waals surface area contributed by atoms with Gasteiger partial charge in [-0.25, -0.2) is 9.59 Å². The molecule has 0 aliphatic carbocycles. The van der Waals surface area contributed by atoms with Crippen molar-refractivity contribution in [2.75, 3.05) is 46.2 Å². The lowest BCUT2D eigenvalue weighted by Gasteiger charge is -2.12. The molecular weight excluding hydrogens is 396 g/mol. The van der Waals surface area contributed by atoms with E-state index in [4.69, 9.17) is 28.1 Å². The first-order valence-corrected chi connectivity index (χ1v) is 9.47. The van der Waals surface area contributed by atoms with E-state index in [0.717, 1.165) is 12.2 Å². The fraction of sp³-hybridized carbons (Fsp3) is 0.700. The van der Waals surface area contributed by atoms with Gasteiger partial charge in [0.15, 0.2) is 0 Å². The standard InChI is InChI=1S/C14H24O8Si.6CH4/c1-4-13(15)20-8-6-17-10-19-12-23(3)22-11-18-7-9-21-14(16)5-2;;;;;;/h4-5,23H,1-2,6-12H2,3H3;6*1H4. The molecule has 0 saturated carbocycles. The molecule has 1 atom stereocenters. The molecule has 0 aliphatic heterocycles. The summed E-state index contributed by atoms with van der Waals surface area (Å²) in [5, 5.41) is 0. The van der Waals surface area contributed by atoms with Crippen molar-refractivity contribution in [1.29, 1.82) is 0 Å². The molecule has 0 bridgehead atoms. The van der Waals surface area contributed by atoms with E-state index in [2.05, 4.69) is 13.2 Å². The van der Waals surface area contributed by atoms with Gasteiger partial charge in [0.2, 0.25) is 9.04 Å². The summed E-state index contributed by atoms with van der Waals surface area (Å²) in [4.78, 5) is 21.5. The van der Waals surface area contributed by atoms with Crippen molar-refractivity contribution >= 4 is 21.0 Å². The Morgan fingerprint density at radius 1 is 0.724 bits per heavy atom. The molecule has 0 aromatic rings. The van der Waals surface area contributed by atoms with Crippen LogP contribution in [0.4, 0.5) is 0 Å². The summed E-state index contributed by atoms with van der Waals surface area (Å²) in [6, 6.07) is 0. The van der Waals surface area contributed by atoms with Crippen LogP contribution >= 0.6 is 0 Å². The van der Waals surface area contributed by atoms with E-state index >= 15 is 0 Å². The molecule has 0 aliphatic rings. The fourth-order valence-corrected chi connectivity index (χ4v) is 1.98. The molecule has 0 fully saturated rings. The van der Waals surface area contributed by atoms with Crippen molar-refractivity contribution in [3.8, 4) is 0 Å². The van der Waals surface area contributed by atoms with Crippen LogP contribution in [0.5, 0.6) is 0 Å². The van der Waals surface area contributed by atoms with Gasteiger partial charge in [0.25, 0.3) is 0 Å². The Hall–Kier alpha value is -1.52. The van der Waals surface area contributed by atoms with Crippen LogP contribution in [-0.4, -0.2) is 67.2 Å². The maximum atomic E-state index is 10.7. The summed E-state index contributed by atoms with van der Waals surface area (Å²) < 4.78 is 30.4. The number of carbonyl (C=O) groups is 2. The number of hydrogen-bond donors (Lipinski definition) is 0. The Morgan fingerprint density at radius 3 is 1.55 bits per heavy atom. The van der Waals surface area contributed by atoms with Gasteiger partial charge in [-0.1, -0.05) is 57.7 Å². The molecule has 0 heterocycles. The predicted octanol–water partition coefficient (Wildman–Crippen LogP) is 4.14. The third-order valence-electron chi connectivity index (χ3n) is 2.23. The molecule has 0 saturated heterocycles. The van der Waals surface area contributed by atoms with Crippen LogP contribution in [0, 0.1) is 0 Å². The van der Waals surface area contributed by atoms with Crippen molar-refractivity contribution in [2.45, 2.75) is 51.1 Å². The quantitative estimate of drug-likeness (QED) is 0.122. The Kier molecular flexibility index (Phi) is 53.9. The lowest BCUT2D eigenvalue weighted by Crippen LogP contribution is -2.24. The summed E-state index contributed by atoms with van der Waals surface area (Å²) in [6.45, 7) is 9.56. The Labute approximate surface area is 181 Å². The first-order chi connectivity index (χ1) is 11.1. The van der Waals surface area contributed by atoms with Gasteiger partial charge in [0.05, 0.1) is 19.4 Å². The first kappa shape index (κ1) is 45.9.